The van der Waals surface area contributed by atoms with Crippen LogP contribution in [0.25, 0.3) is 0 Å². The molecule has 1 heterocycles. The Hall–Kier alpha value is -0.370. The van der Waals surface area contributed by atoms with Crippen LogP contribution < -0.4 is 0 Å². The van der Waals surface area contributed by atoms with Gasteiger partial charge in [-0.1, -0.05) is 39.5 Å². The first kappa shape index (κ1) is 13.1. The summed E-state index contributed by atoms with van der Waals surface area (Å²) in [6.45, 7) is 8.08. The molecule has 0 spiro atoms. The van der Waals surface area contributed by atoms with Crippen LogP contribution in [0.15, 0.2) is 0 Å². The van der Waals surface area contributed by atoms with Crippen molar-refractivity contribution in [3.63, 3.8) is 0 Å². The summed E-state index contributed by atoms with van der Waals surface area (Å²) in [5.74, 6) is 1.59. The van der Waals surface area contributed by atoms with Crippen molar-refractivity contribution >= 4 is 6.29 Å². The lowest BCUT2D eigenvalue weighted by atomic mass is 9.81. The first-order valence-electron chi connectivity index (χ1n) is 7.34. The molecule has 2 rings (SSSR count). The maximum Gasteiger partial charge on any atom is 0.127 e. The van der Waals surface area contributed by atoms with E-state index in [0.29, 0.717) is 0 Å². The van der Waals surface area contributed by atoms with Gasteiger partial charge in [0.05, 0.1) is 0 Å². The quantitative estimate of drug-likeness (QED) is 0.555. The van der Waals surface area contributed by atoms with Crippen LogP contribution in [-0.4, -0.2) is 30.8 Å². The molecule has 2 atom stereocenters. The molecule has 0 radical (unpaired) electrons. The summed E-state index contributed by atoms with van der Waals surface area (Å²) in [5, 5.41) is 0. The lowest BCUT2D eigenvalue weighted by Crippen LogP contribution is -2.37. The van der Waals surface area contributed by atoms with E-state index >= 15 is 0 Å². The van der Waals surface area contributed by atoms with Crippen LogP contribution in [0.3, 0.4) is 0 Å². The van der Waals surface area contributed by atoms with E-state index in [4.69, 9.17) is 0 Å². The predicted octanol–water partition coefficient (Wildman–Crippen LogP) is 3.11. The summed E-state index contributed by atoms with van der Waals surface area (Å²) in [4.78, 5) is 14.1. The van der Waals surface area contributed by atoms with Crippen molar-refractivity contribution < 1.29 is 4.79 Å². The molecular formula is C15H27NO. The fraction of sp³-hybridized carbons (Fsp3) is 0.933. The minimum Gasteiger partial charge on any atom is -0.303 e. The zero-order valence-corrected chi connectivity index (χ0v) is 11.5. The third-order valence-corrected chi connectivity index (χ3v) is 4.95. The Balaban J connectivity index is 1.96. The molecule has 17 heavy (non-hydrogen) atoms. The molecule has 98 valence electrons. The van der Waals surface area contributed by atoms with Crippen LogP contribution in [0.4, 0.5) is 0 Å². The number of hydrogen-bond acceptors (Lipinski definition) is 2. The van der Waals surface area contributed by atoms with E-state index in [1.807, 2.05) is 0 Å². The van der Waals surface area contributed by atoms with Gasteiger partial charge in [0.15, 0.2) is 0 Å². The highest BCUT2D eigenvalue weighted by molar-refractivity contribution is 5.59. The van der Waals surface area contributed by atoms with Crippen LogP contribution in [-0.2, 0) is 4.79 Å². The van der Waals surface area contributed by atoms with Crippen molar-refractivity contribution in [2.45, 2.75) is 52.4 Å². The van der Waals surface area contributed by atoms with Gasteiger partial charge in [0.2, 0.25) is 0 Å². The summed E-state index contributed by atoms with van der Waals surface area (Å²) >= 11 is 0. The second-order valence-electron chi connectivity index (χ2n) is 6.54. The fourth-order valence-corrected chi connectivity index (χ4v) is 3.57. The van der Waals surface area contributed by atoms with Crippen molar-refractivity contribution in [2.24, 2.45) is 17.3 Å². The maximum atomic E-state index is 11.6. The molecule has 0 aromatic heterocycles. The highest BCUT2D eigenvalue weighted by Crippen LogP contribution is 2.35. The van der Waals surface area contributed by atoms with Gasteiger partial charge in [0.1, 0.15) is 6.29 Å². The van der Waals surface area contributed by atoms with Gasteiger partial charge >= 0.3 is 0 Å². The molecule has 2 aliphatic rings. The Labute approximate surface area is 106 Å². The summed E-state index contributed by atoms with van der Waals surface area (Å²) in [5.41, 5.74) is -0.0136. The smallest absolute Gasteiger partial charge is 0.127 e. The summed E-state index contributed by atoms with van der Waals surface area (Å²) in [6, 6.07) is 0. The standard InChI is InChI=1S/C15H27NO/c1-13-9-16(10-14(13)2)11-15(12-17)7-5-3-4-6-8-15/h12-14H,3-11H2,1-2H3. The first-order valence-corrected chi connectivity index (χ1v) is 7.34. The number of likely N-dealkylation sites (tertiary alicyclic amines) is 1. The average molecular weight is 237 g/mol. The summed E-state index contributed by atoms with van der Waals surface area (Å²) < 4.78 is 0. The second kappa shape index (κ2) is 5.51. The zero-order chi connectivity index (χ0) is 12.3. The van der Waals surface area contributed by atoms with Crippen LogP contribution in [0.5, 0.6) is 0 Å². The van der Waals surface area contributed by atoms with Gasteiger partial charge in [-0.25, -0.2) is 0 Å². The maximum absolute atomic E-state index is 11.6. The van der Waals surface area contributed by atoms with Gasteiger partial charge in [-0.05, 0) is 24.7 Å². The third kappa shape index (κ3) is 3.09. The van der Waals surface area contributed by atoms with Gasteiger partial charge in [0.25, 0.3) is 0 Å². The van der Waals surface area contributed by atoms with Gasteiger partial charge in [-0.3, -0.25) is 0 Å². The Kier molecular flexibility index (Phi) is 4.24. The molecule has 1 aliphatic carbocycles. The van der Waals surface area contributed by atoms with Crippen LogP contribution in [0, 0.1) is 17.3 Å². The highest BCUT2D eigenvalue weighted by atomic mass is 16.1. The van der Waals surface area contributed by atoms with Crippen molar-refractivity contribution in [3.8, 4) is 0 Å². The summed E-state index contributed by atoms with van der Waals surface area (Å²) in [7, 11) is 0. The van der Waals surface area contributed by atoms with E-state index in [9.17, 15) is 4.79 Å². The lowest BCUT2D eigenvalue weighted by Gasteiger charge is -2.31. The van der Waals surface area contributed by atoms with E-state index in [1.165, 1.54) is 45.1 Å². The molecule has 2 unspecified atom stereocenters. The number of carbonyl (C=O) groups excluding carboxylic acids is 1. The fourth-order valence-electron chi connectivity index (χ4n) is 3.57. The van der Waals surface area contributed by atoms with E-state index in [0.717, 1.165) is 31.2 Å². The number of hydrogen-bond donors (Lipinski definition) is 0. The molecule has 1 saturated carbocycles. The Morgan fingerprint density at radius 1 is 1.06 bits per heavy atom. The van der Waals surface area contributed by atoms with E-state index in [1.54, 1.807) is 0 Å². The lowest BCUT2D eigenvalue weighted by molar-refractivity contribution is -0.118. The van der Waals surface area contributed by atoms with Crippen molar-refractivity contribution in [1.29, 1.82) is 0 Å². The third-order valence-electron chi connectivity index (χ3n) is 4.95. The van der Waals surface area contributed by atoms with Crippen LogP contribution >= 0.6 is 0 Å². The average Bonchev–Trinajstić information content (AvgIpc) is 2.54. The topological polar surface area (TPSA) is 20.3 Å². The van der Waals surface area contributed by atoms with E-state index in [2.05, 4.69) is 18.7 Å². The number of nitrogens with zero attached hydrogens (tertiary/aromatic N) is 1. The highest BCUT2D eigenvalue weighted by Gasteiger charge is 2.36. The molecule has 1 saturated heterocycles. The van der Waals surface area contributed by atoms with Gasteiger partial charge in [0, 0.05) is 25.0 Å². The molecule has 0 N–H and O–H groups in total. The molecule has 2 fully saturated rings. The minimum atomic E-state index is -0.0136. The predicted molar refractivity (Wildman–Crippen MR) is 71.0 cm³/mol. The second-order valence-corrected chi connectivity index (χ2v) is 6.54. The Morgan fingerprint density at radius 3 is 2.06 bits per heavy atom. The SMILES string of the molecule is CC1CN(CC2(C=O)CCCCCC2)CC1C. The molecule has 0 amide bonds. The molecule has 0 aromatic carbocycles. The molecular weight excluding hydrogens is 210 g/mol. The normalized spacial score (nSPS) is 34.5. The largest absolute Gasteiger partial charge is 0.303 e. The monoisotopic (exact) mass is 237 g/mol. The van der Waals surface area contributed by atoms with Crippen molar-refractivity contribution in [3.05, 3.63) is 0 Å². The van der Waals surface area contributed by atoms with E-state index in [-0.39, 0.29) is 5.41 Å². The number of rotatable bonds is 3. The van der Waals surface area contributed by atoms with Gasteiger partial charge < -0.3 is 9.69 Å². The minimum absolute atomic E-state index is 0.0136. The number of aldehydes is 1. The van der Waals surface area contributed by atoms with E-state index < -0.39 is 0 Å². The Morgan fingerprint density at radius 2 is 1.59 bits per heavy atom. The first-order chi connectivity index (χ1) is 8.15. The van der Waals surface area contributed by atoms with Crippen molar-refractivity contribution in [1.82, 2.24) is 4.90 Å². The molecule has 1 aliphatic heterocycles. The zero-order valence-electron chi connectivity index (χ0n) is 11.5. The molecule has 0 bridgehead atoms. The van der Waals surface area contributed by atoms with Gasteiger partial charge in [-0.15, -0.1) is 0 Å². The molecule has 2 heteroatoms. The van der Waals surface area contributed by atoms with Crippen molar-refractivity contribution in [2.75, 3.05) is 19.6 Å². The molecule has 2 nitrogen and oxygen atoms in total. The van der Waals surface area contributed by atoms with Crippen LogP contribution in [0.1, 0.15) is 52.4 Å². The summed E-state index contributed by atoms with van der Waals surface area (Å²) in [6.07, 6.45) is 8.66. The Bertz CT molecular complexity index is 246. The van der Waals surface area contributed by atoms with Crippen LogP contribution in [0.2, 0.25) is 0 Å². The van der Waals surface area contributed by atoms with Gasteiger partial charge in [-0.2, -0.15) is 0 Å². The molecule has 0 aromatic rings. The number of carbonyl (C=O) groups is 1.